The Balaban J connectivity index is 2.07. The van der Waals surface area contributed by atoms with Crippen LogP contribution in [0.3, 0.4) is 0 Å². The molecule has 4 heteroatoms. The largest absolute Gasteiger partial charge is 0.241 e. The first kappa shape index (κ1) is 10.8. The predicted molar refractivity (Wildman–Crippen MR) is 64.2 cm³/mol. The molecule has 1 nitrogen and oxygen atoms in total. The average Bonchev–Trinajstić information content (AvgIpc) is 3.04. The van der Waals surface area contributed by atoms with Crippen LogP contribution in [0.15, 0.2) is 18.2 Å². The lowest BCUT2D eigenvalue weighted by atomic mass is 10.1. The minimum absolute atomic E-state index is 0.395. The van der Waals surface area contributed by atoms with Gasteiger partial charge in [-0.25, -0.2) is 13.8 Å². The van der Waals surface area contributed by atoms with Crippen molar-refractivity contribution >= 4 is 11.3 Å². The van der Waals surface area contributed by atoms with Gasteiger partial charge >= 0.3 is 0 Å². The molecule has 0 atom stereocenters. The highest BCUT2D eigenvalue weighted by molar-refractivity contribution is 7.12. The quantitative estimate of drug-likeness (QED) is 0.776. The molecule has 1 aromatic carbocycles. The Labute approximate surface area is 102 Å². The normalized spacial score (nSPS) is 15.2. The lowest BCUT2D eigenvalue weighted by Crippen LogP contribution is -1.88. The van der Waals surface area contributed by atoms with Gasteiger partial charge in [0.15, 0.2) is 0 Å². The highest BCUT2D eigenvalue weighted by atomic mass is 32.1. The number of hydrogen-bond donors (Lipinski definition) is 0. The Morgan fingerprint density at radius 3 is 2.71 bits per heavy atom. The third-order valence-electron chi connectivity index (χ3n) is 2.93. The number of hydrogen-bond acceptors (Lipinski definition) is 2. The molecule has 1 aliphatic carbocycles. The van der Waals surface area contributed by atoms with Crippen LogP contribution in [-0.4, -0.2) is 4.98 Å². The van der Waals surface area contributed by atoms with E-state index in [1.54, 1.807) is 11.3 Å². The molecule has 0 spiro atoms. The van der Waals surface area contributed by atoms with E-state index in [4.69, 9.17) is 0 Å². The molecule has 3 rings (SSSR count). The van der Waals surface area contributed by atoms with Crippen molar-refractivity contribution in [3.05, 3.63) is 39.7 Å². The van der Waals surface area contributed by atoms with Crippen LogP contribution in [-0.2, 0) is 0 Å². The fourth-order valence-corrected chi connectivity index (χ4v) is 2.96. The average molecular weight is 251 g/mol. The molecular formula is C13H11F2NS. The highest BCUT2D eigenvalue weighted by Crippen LogP contribution is 2.44. The van der Waals surface area contributed by atoms with Gasteiger partial charge in [-0.15, -0.1) is 11.3 Å². The third kappa shape index (κ3) is 1.97. The molecule has 0 unspecified atom stereocenters. The molecule has 2 aromatic rings. The second kappa shape index (κ2) is 3.88. The van der Waals surface area contributed by atoms with Gasteiger partial charge < -0.3 is 0 Å². The summed E-state index contributed by atoms with van der Waals surface area (Å²) in [4.78, 5) is 5.49. The first-order chi connectivity index (χ1) is 8.15. The second-order valence-electron chi connectivity index (χ2n) is 4.36. The molecule has 88 valence electrons. The Morgan fingerprint density at radius 2 is 2.06 bits per heavy atom. The molecule has 1 heterocycles. The number of thiazole rings is 1. The third-order valence-corrected chi connectivity index (χ3v) is 4.06. The first-order valence-electron chi connectivity index (χ1n) is 5.58. The molecule has 0 N–H and O–H groups in total. The summed E-state index contributed by atoms with van der Waals surface area (Å²) < 4.78 is 26.5. The highest BCUT2D eigenvalue weighted by Gasteiger charge is 2.28. The van der Waals surface area contributed by atoms with Gasteiger partial charge in [0.2, 0.25) is 0 Å². The number of aryl methyl sites for hydroxylation is 1. The summed E-state index contributed by atoms with van der Waals surface area (Å²) in [7, 11) is 0. The van der Waals surface area contributed by atoms with Crippen LogP contribution >= 0.6 is 11.3 Å². The molecule has 1 aliphatic rings. The molecule has 0 radical (unpaired) electrons. The zero-order chi connectivity index (χ0) is 12.0. The van der Waals surface area contributed by atoms with E-state index in [1.165, 1.54) is 25.0 Å². The van der Waals surface area contributed by atoms with Crippen molar-refractivity contribution in [2.45, 2.75) is 25.7 Å². The Hall–Kier alpha value is -1.29. The van der Waals surface area contributed by atoms with E-state index in [1.807, 2.05) is 6.92 Å². The van der Waals surface area contributed by atoms with E-state index >= 15 is 0 Å². The van der Waals surface area contributed by atoms with Crippen LogP contribution in [0.2, 0.25) is 0 Å². The summed E-state index contributed by atoms with van der Waals surface area (Å²) in [5.74, 6) is -0.529. The molecule has 1 fully saturated rings. The molecule has 1 aromatic heterocycles. The van der Waals surface area contributed by atoms with Gasteiger partial charge in [-0.2, -0.15) is 0 Å². The van der Waals surface area contributed by atoms with Crippen molar-refractivity contribution in [2.75, 3.05) is 0 Å². The molecule has 1 saturated carbocycles. The van der Waals surface area contributed by atoms with Crippen LogP contribution in [0, 0.1) is 18.6 Å². The molecular weight excluding hydrogens is 240 g/mol. The van der Waals surface area contributed by atoms with Crippen molar-refractivity contribution in [1.82, 2.24) is 4.98 Å². The minimum Gasteiger partial charge on any atom is -0.241 e. The van der Waals surface area contributed by atoms with Crippen molar-refractivity contribution in [2.24, 2.45) is 0 Å². The number of halogens is 2. The van der Waals surface area contributed by atoms with Crippen LogP contribution < -0.4 is 0 Å². The van der Waals surface area contributed by atoms with E-state index in [0.29, 0.717) is 17.2 Å². The topological polar surface area (TPSA) is 12.9 Å². The van der Waals surface area contributed by atoms with Crippen molar-refractivity contribution in [1.29, 1.82) is 0 Å². The molecule has 0 amide bonds. The van der Waals surface area contributed by atoms with E-state index in [2.05, 4.69) is 4.98 Å². The van der Waals surface area contributed by atoms with Crippen molar-refractivity contribution in [3.63, 3.8) is 0 Å². The summed E-state index contributed by atoms with van der Waals surface area (Å²) in [5.41, 5.74) is 1.06. The Kier molecular flexibility index (Phi) is 2.47. The zero-order valence-corrected chi connectivity index (χ0v) is 10.2. The summed E-state index contributed by atoms with van der Waals surface area (Å²) in [6, 6.07) is 3.64. The SMILES string of the molecule is Cc1sc(C2CC2)nc1-c1ccc(F)cc1F. The number of aromatic nitrogens is 1. The second-order valence-corrected chi connectivity index (χ2v) is 5.59. The minimum atomic E-state index is -0.554. The van der Waals surface area contributed by atoms with Crippen LogP contribution in [0.4, 0.5) is 8.78 Å². The van der Waals surface area contributed by atoms with Gasteiger partial charge in [0.1, 0.15) is 11.6 Å². The van der Waals surface area contributed by atoms with Crippen LogP contribution in [0.5, 0.6) is 0 Å². The molecule has 0 saturated heterocycles. The first-order valence-corrected chi connectivity index (χ1v) is 6.39. The van der Waals surface area contributed by atoms with E-state index in [0.717, 1.165) is 16.0 Å². The maximum Gasteiger partial charge on any atom is 0.135 e. The fraction of sp³-hybridized carbons (Fsp3) is 0.308. The Morgan fingerprint density at radius 1 is 1.29 bits per heavy atom. The molecule has 17 heavy (non-hydrogen) atoms. The molecule has 0 aliphatic heterocycles. The van der Waals surface area contributed by atoms with Crippen molar-refractivity contribution in [3.8, 4) is 11.3 Å². The Bertz CT molecular complexity index is 573. The number of nitrogens with zero attached hydrogens (tertiary/aromatic N) is 1. The van der Waals surface area contributed by atoms with E-state index in [9.17, 15) is 8.78 Å². The predicted octanol–water partition coefficient (Wildman–Crippen LogP) is 4.27. The van der Waals surface area contributed by atoms with Crippen LogP contribution in [0.25, 0.3) is 11.3 Å². The van der Waals surface area contributed by atoms with E-state index in [-0.39, 0.29) is 0 Å². The van der Waals surface area contributed by atoms with E-state index < -0.39 is 11.6 Å². The summed E-state index contributed by atoms with van der Waals surface area (Å²) in [6.45, 7) is 1.93. The zero-order valence-electron chi connectivity index (χ0n) is 9.34. The summed E-state index contributed by atoms with van der Waals surface area (Å²) in [5, 5.41) is 1.08. The van der Waals surface area contributed by atoms with Gasteiger partial charge in [-0.05, 0) is 31.9 Å². The van der Waals surface area contributed by atoms with Gasteiger partial charge in [-0.1, -0.05) is 0 Å². The van der Waals surface area contributed by atoms with Crippen LogP contribution in [0.1, 0.15) is 28.6 Å². The van der Waals surface area contributed by atoms with Gasteiger partial charge in [0, 0.05) is 22.4 Å². The molecule has 0 bridgehead atoms. The summed E-state index contributed by atoms with van der Waals surface area (Å²) >= 11 is 1.62. The summed E-state index contributed by atoms with van der Waals surface area (Å²) in [6.07, 6.45) is 2.36. The standard InChI is InChI=1S/C13H11F2NS/c1-7-12(16-13(17-7)8-2-3-8)10-5-4-9(14)6-11(10)15/h4-6,8H,2-3H2,1H3. The van der Waals surface area contributed by atoms with Gasteiger partial charge in [-0.3, -0.25) is 0 Å². The number of rotatable bonds is 2. The number of benzene rings is 1. The van der Waals surface area contributed by atoms with Gasteiger partial charge in [0.25, 0.3) is 0 Å². The lowest BCUT2D eigenvalue weighted by molar-refractivity contribution is 0.585. The van der Waals surface area contributed by atoms with Crippen molar-refractivity contribution < 1.29 is 8.78 Å². The smallest absolute Gasteiger partial charge is 0.135 e. The maximum absolute atomic E-state index is 13.7. The maximum atomic E-state index is 13.7. The van der Waals surface area contributed by atoms with Gasteiger partial charge in [0.05, 0.1) is 10.7 Å². The monoisotopic (exact) mass is 251 g/mol. The lowest BCUT2D eigenvalue weighted by Gasteiger charge is -2.00. The fourth-order valence-electron chi connectivity index (χ4n) is 1.85.